The lowest BCUT2D eigenvalue weighted by atomic mass is 9.75. The second kappa shape index (κ2) is 9.09. The summed E-state index contributed by atoms with van der Waals surface area (Å²) in [5, 5.41) is 16.4. The monoisotopic (exact) mass is 425 g/mol. The van der Waals surface area contributed by atoms with Gasteiger partial charge in [-0.2, -0.15) is 5.10 Å². The van der Waals surface area contributed by atoms with Crippen LogP contribution in [0.1, 0.15) is 62.2 Å². The van der Waals surface area contributed by atoms with Crippen LogP contribution < -0.4 is 0 Å². The highest BCUT2D eigenvalue weighted by Crippen LogP contribution is 2.45. The van der Waals surface area contributed by atoms with Crippen LogP contribution in [0.4, 0.5) is 0 Å². The van der Waals surface area contributed by atoms with Crippen LogP contribution in [0.25, 0.3) is 0 Å². The average molecular weight is 426 g/mol. The van der Waals surface area contributed by atoms with Gasteiger partial charge in [0.1, 0.15) is 18.0 Å². The molecule has 0 radical (unpaired) electrons. The Hall–Kier alpha value is -3.24. The minimum absolute atomic E-state index is 0.305. The molecule has 4 nitrogen and oxygen atoms in total. The Labute approximate surface area is 190 Å². The van der Waals surface area contributed by atoms with Crippen molar-refractivity contribution in [3.63, 3.8) is 0 Å². The molecule has 4 heteroatoms. The number of aliphatic hydroxyl groups is 1. The van der Waals surface area contributed by atoms with Crippen molar-refractivity contribution in [2.24, 2.45) is 5.41 Å². The smallest absolute Gasteiger partial charge is 0.157 e. The van der Waals surface area contributed by atoms with Gasteiger partial charge in [-0.1, -0.05) is 112 Å². The van der Waals surface area contributed by atoms with E-state index in [-0.39, 0.29) is 5.41 Å². The number of hydrogen-bond donors (Lipinski definition) is 1. The topological polar surface area (TPSA) is 50.9 Å². The zero-order valence-electron chi connectivity index (χ0n) is 19.0. The van der Waals surface area contributed by atoms with Crippen LogP contribution in [-0.4, -0.2) is 19.9 Å². The predicted octanol–water partition coefficient (Wildman–Crippen LogP) is 5.98. The van der Waals surface area contributed by atoms with Gasteiger partial charge >= 0.3 is 0 Å². The first kappa shape index (κ1) is 22.0. The highest BCUT2D eigenvalue weighted by Gasteiger charge is 2.44. The zero-order valence-corrected chi connectivity index (χ0v) is 19.0. The first-order valence-electron chi connectivity index (χ1n) is 11.3. The second-order valence-corrected chi connectivity index (χ2v) is 8.60. The maximum Gasteiger partial charge on any atom is 0.157 e. The summed E-state index contributed by atoms with van der Waals surface area (Å²) in [5.41, 5.74) is 2.10. The third kappa shape index (κ3) is 3.55. The summed E-state index contributed by atoms with van der Waals surface area (Å²) in [7, 11) is 0. The quantitative estimate of drug-likeness (QED) is 0.353. The lowest BCUT2D eigenvalue weighted by molar-refractivity contribution is 0.0178. The molecule has 1 unspecified atom stereocenters. The van der Waals surface area contributed by atoms with Crippen LogP contribution in [-0.2, 0) is 5.54 Å². The summed E-state index contributed by atoms with van der Waals surface area (Å²) in [4.78, 5) is 4.62. The minimum atomic E-state index is -0.779. The Morgan fingerprint density at radius 3 is 1.53 bits per heavy atom. The molecule has 0 spiro atoms. The van der Waals surface area contributed by atoms with Crippen molar-refractivity contribution in [2.75, 3.05) is 0 Å². The minimum Gasteiger partial charge on any atom is -0.385 e. The van der Waals surface area contributed by atoms with Gasteiger partial charge in [0.2, 0.25) is 0 Å². The Morgan fingerprint density at radius 2 is 1.16 bits per heavy atom. The zero-order chi connectivity index (χ0) is 22.6. The first-order valence-corrected chi connectivity index (χ1v) is 11.3. The highest BCUT2D eigenvalue weighted by molar-refractivity contribution is 5.50. The average Bonchev–Trinajstić information content (AvgIpc) is 3.35. The molecule has 1 atom stereocenters. The highest BCUT2D eigenvalue weighted by atomic mass is 16.3. The van der Waals surface area contributed by atoms with E-state index in [9.17, 15) is 5.11 Å². The van der Waals surface area contributed by atoms with Gasteiger partial charge < -0.3 is 5.11 Å². The van der Waals surface area contributed by atoms with Crippen LogP contribution in [0.5, 0.6) is 0 Å². The molecule has 0 aliphatic carbocycles. The molecule has 0 fully saturated rings. The molecule has 0 aliphatic heterocycles. The van der Waals surface area contributed by atoms with Gasteiger partial charge in [0.25, 0.3) is 0 Å². The number of aliphatic hydroxyl groups excluding tert-OH is 1. The van der Waals surface area contributed by atoms with Gasteiger partial charge in [0, 0.05) is 5.41 Å². The van der Waals surface area contributed by atoms with E-state index in [1.165, 1.54) is 0 Å². The number of hydrogen-bond acceptors (Lipinski definition) is 3. The molecule has 0 amide bonds. The molecule has 0 bridgehead atoms. The summed E-state index contributed by atoms with van der Waals surface area (Å²) in [5.74, 6) is 0.577. The molecule has 164 valence electrons. The van der Waals surface area contributed by atoms with Gasteiger partial charge in [-0.05, 0) is 29.5 Å². The van der Waals surface area contributed by atoms with E-state index in [4.69, 9.17) is 5.10 Å². The molecule has 1 aromatic heterocycles. The maximum absolute atomic E-state index is 11.6. The van der Waals surface area contributed by atoms with E-state index < -0.39 is 11.6 Å². The normalized spacial score (nSPS) is 13.1. The van der Waals surface area contributed by atoms with Crippen molar-refractivity contribution in [3.8, 4) is 0 Å². The Balaban J connectivity index is 2.09. The molecule has 4 rings (SSSR count). The van der Waals surface area contributed by atoms with Gasteiger partial charge in [0.15, 0.2) is 5.82 Å². The van der Waals surface area contributed by atoms with E-state index in [1.54, 1.807) is 6.33 Å². The molecular weight excluding hydrogens is 394 g/mol. The summed E-state index contributed by atoms with van der Waals surface area (Å²) < 4.78 is 1.93. The lowest BCUT2D eigenvalue weighted by Gasteiger charge is -2.39. The summed E-state index contributed by atoms with van der Waals surface area (Å²) in [6.07, 6.45) is 2.49. The fourth-order valence-corrected chi connectivity index (χ4v) is 4.55. The molecule has 32 heavy (non-hydrogen) atoms. The van der Waals surface area contributed by atoms with Crippen LogP contribution in [0.2, 0.25) is 0 Å². The number of rotatable bonds is 8. The molecule has 4 aromatic rings. The van der Waals surface area contributed by atoms with Crippen molar-refractivity contribution in [1.29, 1.82) is 0 Å². The van der Waals surface area contributed by atoms with Gasteiger partial charge in [-0.25, -0.2) is 9.67 Å². The largest absolute Gasteiger partial charge is 0.385 e. The summed E-state index contributed by atoms with van der Waals surface area (Å²) >= 11 is 0. The Bertz CT molecular complexity index is 1020. The van der Waals surface area contributed by atoms with E-state index in [0.717, 1.165) is 29.5 Å². The molecule has 1 N–H and O–H groups in total. The third-order valence-corrected chi connectivity index (χ3v) is 6.99. The van der Waals surface area contributed by atoms with Crippen molar-refractivity contribution < 1.29 is 5.11 Å². The molecule has 0 aliphatic rings. The van der Waals surface area contributed by atoms with Crippen molar-refractivity contribution in [1.82, 2.24) is 14.8 Å². The third-order valence-electron chi connectivity index (χ3n) is 6.99. The van der Waals surface area contributed by atoms with Gasteiger partial charge in [-0.15, -0.1) is 0 Å². The second-order valence-electron chi connectivity index (χ2n) is 8.60. The lowest BCUT2D eigenvalue weighted by Crippen LogP contribution is -2.41. The van der Waals surface area contributed by atoms with Crippen molar-refractivity contribution in [3.05, 3.63) is 120 Å². The van der Waals surface area contributed by atoms with Crippen LogP contribution in [0.3, 0.4) is 0 Å². The van der Waals surface area contributed by atoms with Crippen molar-refractivity contribution in [2.45, 2.75) is 45.3 Å². The van der Waals surface area contributed by atoms with E-state index >= 15 is 0 Å². The molecule has 1 heterocycles. The number of nitrogens with zero attached hydrogens (tertiary/aromatic N) is 3. The van der Waals surface area contributed by atoms with Crippen LogP contribution in [0.15, 0.2) is 97.3 Å². The van der Waals surface area contributed by atoms with Crippen LogP contribution >= 0.6 is 0 Å². The van der Waals surface area contributed by atoms with Crippen molar-refractivity contribution >= 4 is 0 Å². The molecule has 0 saturated carbocycles. The number of benzene rings is 3. The number of aromatic nitrogens is 3. The fraction of sp³-hybridized carbons (Fsp3) is 0.286. The van der Waals surface area contributed by atoms with E-state index in [1.807, 2.05) is 59.3 Å². The van der Waals surface area contributed by atoms with Crippen LogP contribution in [0, 0.1) is 5.41 Å². The first-order chi connectivity index (χ1) is 15.6. The SMILES string of the molecule is CCC(C)(CC)C(O)c1ncnn1C(c1ccccc1)(c1ccccc1)c1ccccc1. The summed E-state index contributed by atoms with van der Waals surface area (Å²) in [6.45, 7) is 6.35. The maximum atomic E-state index is 11.6. The molecular formula is C28H31N3O. The predicted molar refractivity (Wildman–Crippen MR) is 128 cm³/mol. The van der Waals surface area contributed by atoms with E-state index in [0.29, 0.717) is 5.82 Å². The molecule has 0 saturated heterocycles. The fourth-order valence-electron chi connectivity index (χ4n) is 4.55. The van der Waals surface area contributed by atoms with Gasteiger partial charge in [-0.3, -0.25) is 0 Å². The van der Waals surface area contributed by atoms with Gasteiger partial charge in [0.05, 0.1) is 0 Å². The van der Waals surface area contributed by atoms with E-state index in [2.05, 4.69) is 62.2 Å². The molecule has 3 aromatic carbocycles. The Morgan fingerprint density at radius 1 is 0.750 bits per heavy atom. The Kier molecular flexibility index (Phi) is 6.24. The standard InChI is InChI=1S/C28H31N3O/c1-4-27(3,5-2)25(32)26-29-21-30-31(26)28(22-15-9-6-10-16-22,23-17-11-7-12-18-23)24-19-13-8-14-20-24/h6-21,25,32H,4-5H2,1-3H3. The summed E-state index contributed by atoms with van der Waals surface area (Å²) in [6, 6.07) is 31.1.